The fourth-order valence-electron chi connectivity index (χ4n) is 2.73. The molecule has 0 saturated heterocycles. The lowest BCUT2D eigenvalue weighted by atomic mass is 10.1. The predicted molar refractivity (Wildman–Crippen MR) is 93.7 cm³/mol. The summed E-state index contributed by atoms with van der Waals surface area (Å²) in [5.41, 5.74) is -3.45. The lowest BCUT2D eigenvalue weighted by molar-refractivity contribution is -0.274. The van der Waals surface area contributed by atoms with Gasteiger partial charge in [0.25, 0.3) is 0 Å². The summed E-state index contributed by atoms with van der Waals surface area (Å²) in [4.78, 5) is -1.03. The van der Waals surface area contributed by atoms with Gasteiger partial charge in [-0.05, 0) is 30.3 Å². The monoisotopic (exact) mass is 486 g/mol. The fraction of sp³-hybridized carbons (Fsp3) is 0.167. The van der Waals surface area contributed by atoms with E-state index in [0.29, 0.717) is 29.1 Å². The number of benzene rings is 2. The molecule has 0 amide bonds. The average Bonchev–Trinajstić information content (AvgIpc) is 3.06. The maximum atomic E-state index is 14.6. The zero-order valence-corrected chi connectivity index (χ0v) is 16.4. The van der Waals surface area contributed by atoms with Gasteiger partial charge in [0.1, 0.15) is 22.3 Å². The standard InChI is InChI=1S/C18H10F8N2O3S/c1-32(29,30)15-7-12(19)11(6-13(15)20)14-8-16(17(21,22)23)27-28(14)9-3-2-4-10(5-9)31-18(24,25)26/h2-8H,1H3. The zero-order chi connectivity index (χ0) is 24.1. The molecule has 0 spiro atoms. The van der Waals surface area contributed by atoms with Crippen LogP contribution in [0, 0.1) is 11.6 Å². The van der Waals surface area contributed by atoms with Crippen molar-refractivity contribution in [3.8, 4) is 22.7 Å². The van der Waals surface area contributed by atoms with Gasteiger partial charge >= 0.3 is 12.5 Å². The van der Waals surface area contributed by atoms with Gasteiger partial charge in [0.15, 0.2) is 15.5 Å². The maximum absolute atomic E-state index is 14.6. The number of ether oxygens (including phenoxy) is 1. The first-order valence-electron chi connectivity index (χ1n) is 8.29. The molecule has 0 unspecified atom stereocenters. The van der Waals surface area contributed by atoms with Crippen molar-refractivity contribution < 1.29 is 48.3 Å². The van der Waals surface area contributed by atoms with E-state index in [4.69, 9.17) is 0 Å². The summed E-state index contributed by atoms with van der Waals surface area (Å²) in [5, 5.41) is 3.26. The molecule has 0 saturated carbocycles. The third kappa shape index (κ3) is 5.00. The molecule has 32 heavy (non-hydrogen) atoms. The first kappa shape index (κ1) is 23.5. The van der Waals surface area contributed by atoms with Crippen LogP contribution >= 0.6 is 0 Å². The third-order valence-electron chi connectivity index (χ3n) is 3.99. The molecule has 0 N–H and O–H groups in total. The van der Waals surface area contributed by atoms with Crippen LogP contribution in [0.15, 0.2) is 47.4 Å². The van der Waals surface area contributed by atoms with Crippen LogP contribution in [0.25, 0.3) is 16.9 Å². The Morgan fingerprint density at radius 1 is 0.938 bits per heavy atom. The van der Waals surface area contributed by atoms with E-state index in [1.807, 2.05) is 0 Å². The molecule has 172 valence electrons. The lowest BCUT2D eigenvalue weighted by Gasteiger charge is -2.13. The molecular weight excluding hydrogens is 476 g/mol. The summed E-state index contributed by atoms with van der Waals surface area (Å²) in [5.74, 6) is -3.65. The second-order valence-corrected chi connectivity index (χ2v) is 8.39. The van der Waals surface area contributed by atoms with E-state index < -0.39 is 67.3 Å². The molecular formula is C18H10F8N2O3S. The molecule has 5 nitrogen and oxygen atoms in total. The van der Waals surface area contributed by atoms with E-state index in [2.05, 4.69) is 9.84 Å². The normalized spacial score (nSPS) is 12.8. The SMILES string of the molecule is CS(=O)(=O)c1cc(F)c(-c2cc(C(F)(F)F)nn2-c2cccc(OC(F)(F)F)c2)cc1F. The molecule has 3 rings (SSSR count). The van der Waals surface area contributed by atoms with Crippen molar-refractivity contribution in [1.29, 1.82) is 0 Å². The molecule has 0 bridgehead atoms. The molecule has 0 atom stereocenters. The molecule has 0 aliphatic carbocycles. The smallest absolute Gasteiger partial charge is 0.406 e. The Labute approximate surface area is 174 Å². The van der Waals surface area contributed by atoms with Gasteiger partial charge in [-0.3, -0.25) is 0 Å². The van der Waals surface area contributed by atoms with Crippen LogP contribution in [-0.4, -0.2) is 30.8 Å². The number of sulfone groups is 1. The van der Waals surface area contributed by atoms with Crippen molar-refractivity contribution in [3.63, 3.8) is 0 Å². The highest BCUT2D eigenvalue weighted by Crippen LogP contribution is 2.36. The van der Waals surface area contributed by atoms with Crippen molar-refractivity contribution >= 4 is 9.84 Å². The van der Waals surface area contributed by atoms with Crippen LogP contribution in [0.5, 0.6) is 5.75 Å². The fourth-order valence-corrected chi connectivity index (χ4v) is 3.46. The summed E-state index contributed by atoms with van der Waals surface area (Å²) in [6.45, 7) is 0. The molecule has 0 aliphatic heterocycles. The lowest BCUT2D eigenvalue weighted by Crippen LogP contribution is -2.17. The second kappa shape index (κ2) is 7.76. The van der Waals surface area contributed by atoms with Crippen molar-refractivity contribution in [2.75, 3.05) is 6.26 Å². The van der Waals surface area contributed by atoms with E-state index >= 15 is 0 Å². The molecule has 0 radical (unpaired) electrons. The van der Waals surface area contributed by atoms with Crippen molar-refractivity contribution in [1.82, 2.24) is 9.78 Å². The van der Waals surface area contributed by atoms with Crippen LogP contribution in [-0.2, 0) is 16.0 Å². The highest BCUT2D eigenvalue weighted by molar-refractivity contribution is 7.90. The summed E-state index contributed by atoms with van der Waals surface area (Å²) < 4.78 is 133. The number of nitrogens with zero attached hydrogens (tertiary/aromatic N) is 2. The van der Waals surface area contributed by atoms with E-state index in [9.17, 15) is 43.5 Å². The van der Waals surface area contributed by atoms with Gasteiger partial charge in [-0.1, -0.05) is 6.07 Å². The quantitative estimate of drug-likeness (QED) is 0.480. The Morgan fingerprint density at radius 2 is 1.59 bits per heavy atom. The molecule has 14 heteroatoms. The minimum absolute atomic E-state index is 0.286. The van der Waals surface area contributed by atoms with Gasteiger partial charge in [-0.15, -0.1) is 13.2 Å². The Kier molecular flexibility index (Phi) is 5.70. The number of hydrogen-bond donors (Lipinski definition) is 0. The van der Waals surface area contributed by atoms with Crippen LogP contribution in [0.4, 0.5) is 35.1 Å². The van der Waals surface area contributed by atoms with Crippen molar-refractivity contribution in [2.45, 2.75) is 17.4 Å². The van der Waals surface area contributed by atoms with Crippen molar-refractivity contribution in [3.05, 3.63) is 59.8 Å². The second-order valence-electron chi connectivity index (χ2n) is 6.40. The van der Waals surface area contributed by atoms with E-state index in [0.717, 1.165) is 18.2 Å². The van der Waals surface area contributed by atoms with Crippen molar-refractivity contribution in [2.24, 2.45) is 0 Å². The topological polar surface area (TPSA) is 61.2 Å². The average molecular weight is 486 g/mol. The summed E-state index contributed by atoms with van der Waals surface area (Å²) >= 11 is 0. The highest BCUT2D eigenvalue weighted by atomic mass is 32.2. The van der Waals surface area contributed by atoms with Crippen LogP contribution in [0.1, 0.15) is 5.69 Å². The van der Waals surface area contributed by atoms with Gasteiger partial charge in [0, 0.05) is 17.9 Å². The zero-order valence-electron chi connectivity index (χ0n) is 15.6. The Balaban J connectivity index is 2.24. The third-order valence-corrected chi connectivity index (χ3v) is 5.10. The van der Waals surface area contributed by atoms with Gasteiger partial charge < -0.3 is 4.74 Å². The molecule has 0 fully saturated rings. The van der Waals surface area contributed by atoms with E-state index in [1.165, 1.54) is 0 Å². The molecule has 1 heterocycles. The van der Waals surface area contributed by atoms with Gasteiger partial charge in [0.05, 0.1) is 11.4 Å². The number of alkyl halides is 6. The van der Waals surface area contributed by atoms with Gasteiger partial charge in [0.2, 0.25) is 0 Å². The molecule has 0 aliphatic rings. The Hall–Kier alpha value is -3.16. The highest BCUT2D eigenvalue weighted by Gasteiger charge is 2.36. The predicted octanol–water partition coefficient (Wildman–Crippen LogP) is 5.14. The molecule has 2 aromatic carbocycles. The minimum atomic E-state index is -5.10. The number of hydrogen-bond acceptors (Lipinski definition) is 4. The maximum Gasteiger partial charge on any atom is 0.573 e. The number of halogens is 8. The summed E-state index contributed by atoms with van der Waals surface area (Å²) in [6.07, 6.45) is -9.54. The van der Waals surface area contributed by atoms with E-state index in [1.54, 1.807) is 0 Å². The van der Waals surface area contributed by atoms with E-state index in [-0.39, 0.29) is 6.07 Å². The first-order valence-corrected chi connectivity index (χ1v) is 10.2. The van der Waals surface area contributed by atoms with Crippen LogP contribution < -0.4 is 4.74 Å². The van der Waals surface area contributed by atoms with Gasteiger partial charge in [-0.25, -0.2) is 21.9 Å². The summed E-state index contributed by atoms with van der Waals surface area (Å²) in [6, 6.07) is 4.60. The number of rotatable bonds is 4. The minimum Gasteiger partial charge on any atom is -0.406 e. The van der Waals surface area contributed by atoms with Crippen LogP contribution in [0.3, 0.4) is 0 Å². The van der Waals surface area contributed by atoms with Crippen LogP contribution in [0.2, 0.25) is 0 Å². The number of aromatic nitrogens is 2. The molecule has 1 aromatic heterocycles. The summed E-state index contributed by atoms with van der Waals surface area (Å²) in [7, 11) is -4.20. The Morgan fingerprint density at radius 3 is 2.16 bits per heavy atom. The largest absolute Gasteiger partial charge is 0.573 e. The van der Waals surface area contributed by atoms with Gasteiger partial charge in [-0.2, -0.15) is 18.3 Å². The Bertz CT molecular complexity index is 1280. The first-order chi connectivity index (χ1) is 14.6. The molecule has 3 aromatic rings.